The van der Waals surface area contributed by atoms with Crippen molar-refractivity contribution in [2.24, 2.45) is 0 Å². The third-order valence-corrected chi connectivity index (χ3v) is 5.83. The van der Waals surface area contributed by atoms with E-state index in [4.69, 9.17) is 27.6 Å². The third kappa shape index (κ3) is 3.27. The minimum absolute atomic E-state index is 0.00498. The van der Waals surface area contributed by atoms with E-state index in [1.165, 1.54) is 16.7 Å². The molecular weight excluding hydrogens is 387 g/mol. The number of rotatable bonds is 4. The molecular formula is C16H14Cl2N2O4S. The molecule has 9 heteroatoms. The van der Waals surface area contributed by atoms with E-state index in [0.717, 1.165) is 0 Å². The summed E-state index contributed by atoms with van der Waals surface area (Å²) >= 11 is 12.0. The zero-order valence-corrected chi connectivity index (χ0v) is 15.7. The molecule has 2 aromatic carbocycles. The predicted octanol–water partition coefficient (Wildman–Crippen LogP) is 4.03. The van der Waals surface area contributed by atoms with Crippen LogP contribution in [-0.2, 0) is 16.6 Å². The van der Waals surface area contributed by atoms with Gasteiger partial charge in [-0.2, -0.15) is 0 Å². The first kappa shape index (κ1) is 17.8. The highest BCUT2D eigenvalue weighted by Gasteiger charge is 2.22. The quantitative estimate of drug-likeness (QED) is 0.716. The van der Waals surface area contributed by atoms with Crippen molar-refractivity contribution in [1.82, 2.24) is 4.57 Å². The number of oxazole rings is 1. The molecule has 0 aliphatic heterocycles. The van der Waals surface area contributed by atoms with E-state index in [9.17, 15) is 13.2 Å². The minimum atomic E-state index is -3.98. The smallest absolute Gasteiger partial charge is 0.408 e. The molecule has 0 unspecified atom stereocenters. The molecule has 0 atom stereocenters. The number of halogens is 2. The molecule has 1 heterocycles. The van der Waals surface area contributed by atoms with E-state index < -0.39 is 15.8 Å². The predicted molar refractivity (Wildman–Crippen MR) is 98.2 cm³/mol. The molecule has 0 saturated carbocycles. The lowest BCUT2D eigenvalue weighted by molar-refractivity contribution is 0.512. The number of sulfonamides is 1. The Morgan fingerprint density at radius 2 is 1.92 bits per heavy atom. The Bertz CT molecular complexity index is 1130. The zero-order chi connectivity index (χ0) is 18.4. The van der Waals surface area contributed by atoms with Gasteiger partial charge in [0.15, 0.2) is 5.58 Å². The van der Waals surface area contributed by atoms with Crippen molar-refractivity contribution in [2.75, 3.05) is 4.72 Å². The summed E-state index contributed by atoms with van der Waals surface area (Å²) in [5.41, 5.74) is 1.65. The van der Waals surface area contributed by atoms with Crippen LogP contribution in [0.4, 0.5) is 5.69 Å². The number of aryl methyl sites for hydroxylation is 2. The molecule has 6 nitrogen and oxygen atoms in total. The van der Waals surface area contributed by atoms with E-state index in [1.54, 1.807) is 32.0 Å². The highest BCUT2D eigenvalue weighted by atomic mass is 35.5. The van der Waals surface area contributed by atoms with E-state index in [2.05, 4.69) is 4.72 Å². The largest absolute Gasteiger partial charge is 0.419 e. The Balaban J connectivity index is 2.11. The fourth-order valence-corrected chi connectivity index (χ4v) is 4.41. The van der Waals surface area contributed by atoms with Gasteiger partial charge in [0.05, 0.1) is 16.2 Å². The molecule has 0 aliphatic carbocycles. The Hall–Kier alpha value is -1.96. The molecule has 25 heavy (non-hydrogen) atoms. The van der Waals surface area contributed by atoms with Crippen LogP contribution in [-0.4, -0.2) is 13.0 Å². The lowest BCUT2D eigenvalue weighted by Crippen LogP contribution is -2.14. The summed E-state index contributed by atoms with van der Waals surface area (Å²) in [6.45, 7) is 3.89. The van der Waals surface area contributed by atoms with Crippen LogP contribution in [0.1, 0.15) is 12.5 Å². The third-order valence-electron chi connectivity index (χ3n) is 3.76. The molecule has 0 fully saturated rings. The van der Waals surface area contributed by atoms with E-state index >= 15 is 0 Å². The van der Waals surface area contributed by atoms with Crippen molar-refractivity contribution in [3.63, 3.8) is 0 Å². The highest BCUT2D eigenvalue weighted by molar-refractivity contribution is 7.92. The van der Waals surface area contributed by atoms with E-state index in [0.29, 0.717) is 28.3 Å². The van der Waals surface area contributed by atoms with Crippen molar-refractivity contribution in [2.45, 2.75) is 25.3 Å². The summed E-state index contributed by atoms with van der Waals surface area (Å²) in [7, 11) is -3.98. The first-order valence-electron chi connectivity index (χ1n) is 7.35. The molecule has 0 bridgehead atoms. The fourth-order valence-electron chi connectivity index (χ4n) is 2.51. The van der Waals surface area contributed by atoms with Gasteiger partial charge in [-0.25, -0.2) is 13.2 Å². The second-order valence-corrected chi connectivity index (χ2v) is 7.92. The van der Waals surface area contributed by atoms with Crippen LogP contribution in [0.5, 0.6) is 0 Å². The van der Waals surface area contributed by atoms with Crippen LogP contribution in [0.25, 0.3) is 11.1 Å². The lowest BCUT2D eigenvalue weighted by Gasteiger charge is -2.12. The van der Waals surface area contributed by atoms with Crippen molar-refractivity contribution < 1.29 is 12.8 Å². The van der Waals surface area contributed by atoms with Gasteiger partial charge in [-0.1, -0.05) is 23.2 Å². The molecule has 0 aliphatic rings. The van der Waals surface area contributed by atoms with Crippen LogP contribution in [0.3, 0.4) is 0 Å². The Kier molecular flexibility index (Phi) is 4.57. The van der Waals surface area contributed by atoms with Gasteiger partial charge in [-0.3, -0.25) is 9.29 Å². The second-order valence-electron chi connectivity index (χ2n) is 5.43. The molecule has 3 rings (SSSR count). The van der Waals surface area contributed by atoms with Gasteiger partial charge >= 0.3 is 5.76 Å². The van der Waals surface area contributed by atoms with Crippen molar-refractivity contribution in [1.29, 1.82) is 0 Å². The van der Waals surface area contributed by atoms with Gasteiger partial charge in [0.2, 0.25) is 0 Å². The topological polar surface area (TPSA) is 81.3 Å². The maximum atomic E-state index is 12.7. The Morgan fingerprint density at radius 3 is 2.56 bits per heavy atom. The SMILES string of the molecule is CCn1c(=O)oc2cc(S(=O)(=O)Nc3ccc(Cl)cc3C)c(Cl)cc21. The van der Waals surface area contributed by atoms with Crippen LogP contribution in [0.15, 0.2) is 44.4 Å². The van der Waals surface area contributed by atoms with Gasteiger partial charge < -0.3 is 4.42 Å². The van der Waals surface area contributed by atoms with Gasteiger partial charge in [-0.05, 0) is 43.7 Å². The summed E-state index contributed by atoms with van der Waals surface area (Å²) in [4.78, 5) is 11.6. The first-order chi connectivity index (χ1) is 11.7. The Morgan fingerprint density at radius 1 is 1.20 bits per heavy atom. The summed E-state index contributed by atoms with van der Waals surface area (Å²) in [6, 6.07) is 7.45. The lowest BCUT2D eigenvalue weighted by atomic mass is 10.2. The molecule has 0 saturated heterocycles. The van der Waals surface area contributed by atoms with Crippen LogP contribution in [0, 0.1) is 6.92 Å². The maximum absolute atomic E-state index is 12.7. The number of nitrogens with one attached hydrogen (secondary N) is 1. The average molecular weight is 401 g/mol. The standard InChI is InChI=1S/C16H14Cl2N2O4S/c1-3-20-13-7-11(18)15(8-14(13)24-16(20)21)25(22,23)19-12-5-4-10(17)6-9(12)2/h4-8,19H,3H2,1-2H3. The Labute approximate surface area is 154 Å². The number of anilines is 1. The second kappa shape index (κ2) is 6.40. The summed E-state index contributed by atoms with van der Waals surface area (Å²) in [5, 5.41) is 0.497. The average Bonchev–Trinajstić information content (AvgIpc) is 2.83. The number of hydrogen-bond donors (Lipinski definition) is 1. The molecule has 0 spiro atoms. The number of nitrogens with zero attached hydrogens (tertiary/aromatic N) is 1. The minimum Gasteiger partial charge on any atom is -0.408 e. The number of aromatic nitrogens is 1. The van der Waals surface area contributed by atoms with E-state index in [-0.39, 0.29) is 15.5 Å². The van der Waals surface area contributed by atoms with Crippen molar-refractivity contribution in [3.05, 3.63) is 56.5 Å². The number of hydrogen-bond acceptors (Lipinski definition) is 4. The molecule has 3 aromatic rings. The molecule has 132 valence electrons. The first-order valence-corrected chi connectivity index (χ1v) is 9.58. The van der Waals surface area contributed by atoms with Crippen LogP contribution >= 0.6 is 23.2 Å². The van der Waals surface area contributed by atoms with Gasteiger partial charge in [0.25, 0.3) is 10.0 Å². The monoisotopic (exact) mass is 400 g/mol. The van der Waals surface area contributed by atoms with E-state index in [1.807, 2.05) is 0 Å². The molecule has 0 amide bonds. The van der Waals surface area contributed by atoms with Crippen molar-refractivity contribution >= 4 is 50.0 Å². The van der Waals surface area contributed by atoms with Gasteiger partial charge in [0, 0.05) is 17.6 Å². The maximum Gasteiger partial charge on any atom is 0.419 e. The van der Waals surface area contributed by atoms with Crippen molar-refractivity contribution in [3.8, 4) is 0 Å². The normalized spacial score (nSPS) is 11.8. The van der Waals surface area contributed by atoms with Crippen LogP contribution < -0.4 is 10.5 Å². The van der Waals surface area contributed by atoms with Gasteiger partial charge in [-0.15, -0.1) is 0 Å². The highest BCUT2D eigenvalue weighted by Crippen LogP contribution is 2.30. The number of benzene rings is 2. The van der Waals surface area contributed by atoms with Gasteiger partial charge in [0.1, 0.15) is 4.90 Å². The fraction of sp³-hybridized carbons (Fsp3) is 0.188. The summed E-state index contributed by atoms with van der Waals surface area (Å²) in [5.74, 6) is -0.565. The molecule has 1 aromatic heterocycles. The number of fused-ring (bicyclic) bond motifs is 1. The molecule has 1 N–H and O–H groups in total. The zero-order valence-electron chi connectivity index (χ0n) is 13.3. The summed E-state index contributed by atoms with van der Waals surface area (Å²) in [6.07, 6.45) is 0. The van der Waals surface area contributed by atoms with Crippen LogP contribution in [0.2, 0.25) is 10.0 Å². The molecule has 0 radical (unpaired) electrons. The summed E-state index contributed by atoms with van der Waals surface area (Å²) < 4.78 is 34.4.